The summed E-state index contributed by atoms with van der Waals surface area (Å²) in [6.45, 7) is 4.12. The first-order valence-electron chi connectivity index (χ1n) is 9.09. The highest BCUT2D eigenvalue weighted by Gasteiger charge is 2.19. The van der Waals surface area contributed by atoms with Crippen molar-refractivity contribution in [2.45, 2.75) is 11.4 Å². The summed E-state index contributed by atoms with van der Waals surface area (Å²) >= 11 is 0. The lowest BCUT2D eigenvalue weighted by molar-refractivity contribution is 0.227. The maximum Gasteiger partial charge on any atom is 0.238 e. The summed E-state index contributed by atoms with van der Waals surface area (Å²) in [5.74, 6) is 1.49. The molecule has 0 radical (unpaired) electrons. The largest absolute Gasteiger partial charge is 0.439 e. The predicted molar refractivity (Wildman–Crippen MR) is 107 cm³/mol. The Morgan fingerprint density at radius 1 is 0.964 bits per heavy atom. The van der Waals surface area contributed by atoms with E-state index in [0.29, 0.717) is 12.4 Å². The molecule has 0 atom stereocenters. The average Bonchev–Trinajstić information content (AvgIpc) is 3.17. The number of aromatic nitrogens is 1. The van der Waals surface area contributed by atoms with E-state index in [-0.39, 0.29) is 4.90 Å². The summed E-state index contributed by atoms with van der Waals surface area (Å²) in [6, 6.07) is 16.6. The van der Waals surface area contributed by atoms with Crippen LogP contribution in [0.5, 0.6) is 0 Å². The van der Waals surface area contributed by atoms with Gasteiger partial charge in [0.2, 0.25) is 15.9 Å². The standard InChI is InChI=1S/C20H22N4O3S/c21-28(25,26)18-8-6-17(7-9-18)24-12-10-23(11-13-24)15-20-22-14-19(27-20)16-4-2-1-3-5-16/h1-9,14H,10-13,15H2,(H2,21,25,26). The highest BCUT2D eigenvalue weighted by Crippen LogP contribution is 2.22. The van der Waals surface area contributed by atoms with Gasteiger partial charge in [0.25, 0.3) is 0 Å². The van der Waals surface area contributed by atoms with Crippen LogP contribution >= 0.6 is 0 Å². The number of anilines is 1. The second-order valence-corrected chi connectivity index (χ2v) is 8.35. The Balaban J connectivity index is 1.34. The molecule has 1 aliphatic heterocycles. The van der Waals surface area contributed by atoms with E-state index >= 15 is 0 Å². The highest BCUT2D eigenvalue weighted by atomic mass is 32.2. The molecule has 0 amide bonds. The molecule has 0 unspecified atom stereocenters. The van der Waals surface area contributed by atoms with Crippen LogP contribution in [0.15, 0.2) is 70.1 Å². The normalized spacial score (nSPS) is 15.7. The Labute approximate surface area is 164 Å². The molecule has 2 aromatic carbocycles. The van der Waals surface area contributed by atoms with Gasteiger partial charge in [-0.25, -0.2) is 18.5 Å². The second-order valence-electron chi connectivity index (χ2n) is 6.79. The van der Waals surface area contributed by atoms with Crippen molar-refractivity contribution in [3.05, 3.63) is 66.7 Å². The summed E-state index contributed by atoms with van der Waals surface area (Å²) in [5, 5.41) is 5.15. The fourth-order valence-corrected chi connectivity index (χ4v) is 3.84. The number of hydrogen-bond donors (Lipinski definition) is 1. The van der Waals surface area contributed by atoms with Crippen LogP contribution in [0.1, 0.15) is 5.89 Å². The van der Waals surface area contributed by atoms with Crippen LogP contribution in [0.3, 0.4) is 0 Å². The van der Waals surface area contributed by atoms with Gasteiger partial charge in [-0.15, -0.1) is 0 Å². The minimum Gasteiger partial charge on any atom is -0.439 e. The van der Waals surface area contributed by atoms with Crippen molar-refractivity contribution in [1.29, 1.82) is 0 Å². The molecule has 2 heterocycles. The molecule has 0 aliphatic carbocycles. The number of oxazole rings is 1. The van der Waals surface area contributed by atoms with Crippen LogP contribution in [-0.4, -0.2) is 44.5 Å². The fourth-order valence-electron chi connectivity index (χ4n) is 3.32. The summed E-state index contributed by atoms with van der Waals surface area (Å²) in [5.41, 5.74) is 2.02. The van der Waals surface area contributed by atoms with Crippen molar-refractivity contribution < 1.29 is 12.8 Å². The zero-order valence-electron chi connectivity index (χ0n) is 15.4. The SMILES string of the molecule is NS(=O)(=O)c1ccc(N2CCN(Cc3ncc(-c4ccccc4)o3)CC2)cc1. The zero-order valence-corrected chi connectivity index (χ0v) is 16.2. The first-order valence-corrected chi connectivity index (χ1v) is 10.6. The lowest BCUT2D eigenvalue weighted by atomic mass is 10.2. The Morgan fingerprint density at radius 2 is 1.64 bits per heavy atom. The molecule has 1 fully saturated rings. The first-order chi connectivity index (χ1) is 13.5. The van der Waals surface area contributed by atoms with Crippen LogP contribution in [0.4, 0.5) is 5.69 Å². The van der Waals surface area contributed by atoms with Gasteiger partial charge in [0, 0.05) is 37.4 Å². The van der Waals surface area contributed by atoms with Crippen molar-refractivity contribution in [2.75, 3.05) is 31.1 Å². The van der Waals surface area contributed by atoms with Gasteiger partial charge in [0.15, 0.2) is 5.76 Å². The third kappa shape index (κ3) is 4.24. The molecule has 0 saturated carbocycles. The highest BCUT2D eigenvalue weighted by molar-refractivity contribution is 7.89. The third-order valence-corrected chi connectivity index (χ3v) is 5.80. The van der Waals surface area contributed by atoms with Crippen LogP contribution in [-0.2, 0) is 16.6 Å². The summed E-state index contributed by atoms with van der Waals surface area (Å²) in [6.07, 6.45) is 1.77. The van der Waals surface area contributed by atoms with Gasteiger partial charge in [0.05, 0.1) is 17.6 Å². The molecule has 2 N–H and O–H groups in total. The van der Waals surface area contributed by atoms with Crippen LogP contribution in [0, 0.1) is 0 Å². The molecule has 1 aliphatic rings. The van der Waals surface area contributed by atoms with E-state index in [1.54, 1.807) is 30.5 Å². The van der Waals surface area contributed by atoms with E-state index in [2.05, 4.69) is 14.8 Å². The molecule has 146 valence electrons. The zero-order chi connectivity index (χ0) is 19.6. The number of piperazine rings is 1. The number of benzene rings is 2. The van der Waals surface area contributed by atoms with Crippen LogP contribution in [0.25, 0.3) is 11.3 Å². The van der Waals surface area contributed by atoms with Gasteiger partial charge in [0.1, 0.15) is 0 Å². The number of primary sulfonamides is 1. The minimum absolute atomic E-state index is 0.132. The van der Waals surface area contributed by atoms with Gasteiger partial charge in [-0.2, -0.15) is 0 Å². The fraction of sp³-hybridized carbons (Fsp3) is 0.250. The van der Waals surface area contributed by atoms with E-state index in [0.717, 1.165) is 43.2 Å². The van der Waals surface area contributed by atoms with Gasteiger partial charge >= 0.3 is 0 Å². The molecule has 0 bridgehead atoms. The maximum absolute atomic E-state index is 11.4. The Morgan fingerprint density at radius 3 is 2.29 bits per heavy atom. The van der Waals surface area contributed by atoms with Crippen molar-refractivity contribution >= 4 is 15.7 Å². The quantitative estimate of drug-likeness (QED) is 0.709. The van der Waals surface area contributed by atoms with Crippen molar-refractivity contribution in [3.63, 3.8) is 0 Å². The lowest BCUT2D eigenvalue weighted by Gasteiger charge is -2.35. The average molecular weight is 398 g/mol. The molecule has 0 spiro atoms. The second kappa shape index (κ2) is 7.75. The third-order valence-electron chi connectivity index (χ3n) is 4.87. The molecular formula is C20H22N4O3S. The Hall–Kier alpha value is -2.68. The maximum atomic E-state index is 11.4. The number of rotatable bonds is 5. The molecule has 1 aromatic heterocycles. The minimum atomic E-state index is -3.66. The smallest absolute Gasteiger partial charge is 0.238 e. The van der Waals surface area contributed by atoms with E-state index in [4.69, 9.17) is 9.56 Å². The topological polar surface area (TPSA) is 92.7 Å². The van der Waals surface area contributed by atoms with Crippen molar-refractivity contribution in [1.82, 2.24) is 9.88 Å². The summed E-state index contributed by atoms with van der Waals surface area (Å²) in [7, 11) is -3.66. The molecule has 4 rings (SSSR count). The summed E-state index contributed by atoms with van der Waals surface area (Å²) in [4.78, 5) is 9.07. The van der Waals surface area contributed by atoms with Crippen molar-refractivity contribution in [3.8, 4) is 11.3 Å². The van der Waals surface area contributed by atoms with Crippen molar-refractivity contribution in [2.24, 2.45) is 5.14 Å². The van der Waals surface area contributed by atoms with E-state index in [1.807, 2.05) is 30.3 Å². The van der Waals surface area contributed by atoms with Gasteiger partial charge in [-0.05, 0) is 24.3 Å². The number of hydrogen-bond acceptors (Lipinski definition) is 6. The lowest BCUT2D eigenvalue weighted by Crippen LogP contribution is -2.46. The Kier molecular flexibility index (Phi) is 5.17. The van der Waals surface area contributed by atoms with Crippen LogP contribution in [0.2, 0.25) is 0 Å². The summed E-state index contributed by atoms with van der Waals surface area (Å²) < 4.78 is 28.6. The Bertz CT molecular complexity index is 1020. The molecule has 8 heteroatoms. The van der Waals surface area contributed by atoms with Gasteiger partial charge in [-0.3, -0.25) is 4.90 Å². The first kappa shape index (κ1) is 18.7. The molecular weight excluding hydrogens is 376 g/mol. The van der Waals surface area contributed by atoms with E-state index in [9.17, 15) is 8.42 Å². The predicted octanol–water partition coefficient (Wildman–Crippen LogP) is 2.31. The van der Waals surface area contributed by atoms with Crippen LogP contribution < -0.4 is 10.0 Å². The van der Waals surface area contributed by atoms with Gasteiger partial charge < -0.3 is 9.32 Å². The molecule has 3 aromatic rings. The number of nitrogens with zero attached hydrogens (tertiary/aromatic N) is 3. The monoisotopic (exact) mass is 398 g/mol. The van der Waals surface area contributed by atoms with Gasteiger partial charge in [-0.1, -0.05) is 30.3 Å². The number of sulfonamides is 1. The molecule has 1 saturated heterocycles. The number of nitrogens with two attached hydrogens (primary N) is 1. The van der Waals surface area contributed by atoms with E-state index in [1.165, 1.54) is 0 Å². The molecule has 28 heavy (non-hydrogen) atoms. The molecule has 7 nitrogen and oxygen atoms in total. The van der Waals surface area contributed by atoms with E-state index < -0.39 is 10.0 Å².